The lowest BCUT2D eigenvalue weighted by Crippen LogP contribution is -2.42. The fraction of sp³-hybridized carbons (Fsp3) is 1.00. The summed E-state index contributed by atoms with van der Waals surface area (Å²) in [4.78, 5) is 2.45. The third-order valence-corrected chi connectivity index (χ3v) is 4.51. The number of rotatable bonds is 5. The summed E-state index contributed by atoms with van der Waals surface area (Å²) in [5.74, 6) is 0.897. The van der Waals surface area contributed by atoms with Crippen LogP contribution in [0.3, 0.4) is 0 Å². The van der Waals surface area contributed by atoms with Gasteiger partial charge in [0.15, 0.2) is 0 Å². The summed E-state index contributed by atoms with van der Waals surface area (Å²) in [6.45, 7) is 6.98. The number of ether oxygens (including phenoxy) is 1. The van der Waals surface area contributed by atoms with Gasteiger partial charge in [-0.05, 0) is 64.7 Å². The summed E-state index contributed by atoms with van der Waals surface area (Å²) in [5.41, 5.74) is 0. The Kier molecular flexibility index (Phi) is 5.93. The zero-order valence-electron chi connectivity index (χ0n) is 12.2. The first-order valence-electron chi connectivity index (χ1n) is 7.81. The molecule has 3 heteroatoms. The van der Waals surface area contributed by atoms with Gasteiger partial charge < -0.3 is 15.0 Å². The topological polar surface area (TPSA) is 24.5 Å². The van der Waals surface area contributed by atoms with E-state index in [9.17, 15) is 0 Å². The molecule has 2 rings (SSSR count). The van der Waals surface area contributed by atoms with Gasteiger partial charge in [0.05, 0.1) is 6.10 Å². The summed E-state index contributed by atoms with van der Waals surface area (Å²) < 4.78 is 5.81. The minimum atomic E-state index is 0.513. The third kappa shape index (κ3) is 4.52. The minimum Gasteiger partial charge on any atom is -0.378 e. The van der Waals surface area contributed by atoms with Crippen LogP contribution in [-0.2, 0) is 4.74 Å². The molecule has 2 aliphatic heterocycles. The van der Waals surface area contributed by atoms with Gasteiger partial charge in [-0.1, -0.05) is 13.3 Å². The second kappa shape index (κ2) is 7.46. The summed E-state index contributed by atoms with van der Waals surface area (Å²) in [6.07, 6.45) is 8.14. The van der Waals surface area contributed by atoms with Crippen LogP contribution in [0.4, 0.5) is 0 Å². The molecule has 106 valence electrons. The van der Waals surface area contributed by atoms with Crippen LogP contribution < -0.4 is 5.32 Å². The normalized spacial score (nSPS) is 31.7. The molecule has 0 aromatic rings. The molecule has 0 bridgehead atoms. The average molecular weight is 254 g/mol. The molecule has 1 N–H and O–H groups in total. The van der Waals surface area contributed by atoms with E-state index in [1.165, 1.54) is 58.2 Å². The van der Waals surface area contributed by atoms with Crippen LogP contribution in [0.2, 0.25) is 0 Å². The standard InChI is InChI=1S/C15H30N2O/c1-3-4-15-11-14(7-10-18-15)16-12-13-5-8-17(2)9-6-13/h13-16H,3-12H2,1-2H3. The van der Waals surface area contributed by atoms with Crippen molar-refractivity contribution in [1.82, 2.24) is 10.2 Å². The highest BCUT2D eigenvalue weighted by molar-refractivity contribution is 4.79. The summed E-state index contributed by atoms with van der Waals surface area (Å²) >= 11 is 0. The van der Waals surface area contributed by atoms with Crippen LogP contribution >= 0.6 is 0 Å². The zero-order chi connectivity index (χ0) is 12.8. The summed E-state index contributed by atoms with van der Waals surface area (Å²) in [5, 5.41) is 3.80. The van der Waals surface area contributed by atoms with Crippen molar-refractivity contribution in [1.29, 1.82) is 0 Å². The predicted molar refractivity (Wildman–Crippen MR) is 75.9 cm³/mol. The SMILES string of the molecule is CCCC1CC(NCC2CCN(C)CC2)CCO1. The first kappa shape index (κ1) is 14.3. The van der Waals surface area contributed by atoms with Gasteiger partial charge in [0.2, 0.25) is 0 Å². The van der Waals surface area contributed by atoms with Gasteiger partial charge in [-0.15, -0.1) is 0 Å². The number of nitrogens with one attached hydrogen (secondary N) is 1. The van der Waals surface area contributed by atoms with Gasteiger partial charge in [0.25, 0.3) is 0 Å². The van der Waals surface area contributed by atoms with Crippen molar-refractivity contribution < 1.29 is 4.74 Å². The highest BCUT2D eigenvalue weighted by atomic mass is 16.5. The molecule has 18 heavy (non-hydrogen) atoms. The van der Waals surface area contributed by atoms with Crippen molar-refractivity contribution >= 4 is 0 Å². The van der Waals surface area contributed by atoms with E-state index in [0.29, 0.717) is 12.1 Å². The van der Waals surface area contributed by atoms with Gasteiger partial charge in [0.1, 0.15) is 0 Å². The fourth-order valence-electron chi connectivity index (χ4n) is 3.19. The van der Waals surface area contributed by atoms with Crippen LogP contribution in [-0.4, -0.2) is 50.3 Å². The van der Waals surface area contributed by atoms with Gasteiger partial charge in [-0.25, -0.2) is 0 Å². The van der Waals surface area contributed by atoms with Crippen LogP contribution in [0.15, 0.2) is 0 Å². The Labute approximate surface area is 112 Å². The van der Waals surface area contributed by atoms with E-state index in [2.05, 4.69) is 24.2 Å². The maximum atomic E-state index is 5.81. The zero-order valence-corrected chi connectivity index (χ0v) is 12.2. The molecule has 0 saturated carbocycles. The highest BCUT2D eigenvalue weighted by Gasteiger charge is 2.23. The minimum absolute atomic E-state index is 0.513. The van der Waals surface area contributed by atoms with Gasteiger partial charge in [-0.2, -0.15) is 0 Å². The van der Waals surface area contributed by atoms with Crippen LogP contribution in [0.1, 0.15) is 45.4 Å². The monoisotopic (exact) mass is 254 g/mol. The molecule has 0 aromatic carbocycles. The Morgan fingerprint density at radius 1 is 1.22 bits per heavy atom. The van der Waals surface area contributed by atoms with Crippen molar-refractivity contribution in [2.24, 2.45) is 5.92 Å². The number of nitrogens with zero attached hydrogens (tertiary/aromatic N) is 1. The lowest BCUT2D eigenvalue weighted by atomic mass is 9.95. The second-order valence-corrected chi connectivity index (χ2v) is 6.16. The molecule has 0 aromatic heterocycles. The third-order valence-electron chi connectivity index (χ3n) is 4.51. The molecule has 2 aliphatic rings. The Morgan fingerprint density at radius 3 is 2.72 bits per heavy atom. The molecule has 0 radical (unpaired) electrons. The highest BCUT2D eigenvalue weighted by Crippen LogP contribution is 2.19. The fourth-order valence-corrected chi connectivity index (χ4v) is 3.19. The largest absolute Gasteiger partial charge is 0.378 e. The molecule has 2 unspecified atom stereocenters. The van der Waals surface area contributed by atoms with Gasteiger partial charge >= 0.3 is 0 Å². The van der Waals surface area contributed by atoms with Crippen LogP contribution in [0, 0.1) is 5.92 Å². The molecular weight excluding hydrogens is 224 g/mol. The maximum Gasteiger partial charge on any atom is 0.0589 e. The molecule has 0 aliphatic carbocycles. The van der Waals surface area contributed by atoms with Crippen molar-refractivity contribution in [2.75, 3.05) is 33.3 Å². The first-order chi connectivity index (χ1) is 8.78. The predicted octanol–water partition coefficient (Wildman–Crippen LogP) is 2.27. The Balaban J connectivity index is 1.63. The van der Waals surface area contributed by atoms with Crippen LogP contribution in [0.5, 0.6) is 0 Å². The first-order valence-corrected chi connectivity index (χ1v) is 7.81. The molecule has 0 spiro atoms. The molecule has 2 fully saturated rings. The average Bonchev–Trinajstić information content (AvgIpc) is 2.39. The van der Waals surface area contributed by atoms with E-state index >= 15 is 0 Å². The lowest BCUT2D eigenvalue weighted by molar-refractivity contribution is -0.00407. The van der Waals surface area contributed by atoms with Gasteiger partial charge in [-0.3, -0.25) is 0 Å². The lowest BCUT2D eigenvalue weighted by Gasteiger charge is -2.33. The van der Waals surface area contributed by atoms with Crippen molar-refractivity contribution in [3.05, 3.63) is 0 Å². The number of hydrogen-bond acceptors (Lipinski definition) is 3. The van der Waals surface area contributed by atoms with Crippen molar-refractivity contribution in [3.8, 4) is 0 Å². The number of likely N-dealkylation sites (tertiary alicyclic amines) is 1. The van der Waals surface area contributed by atoms with E-state index in [1.807, 2.05) is 0 Å². The van der Waals surface area contributed by atoms with Crippen molar-refractivity contribution in [2.45, 2.75) is 57.6 Å². The van der Waals surface area contributed by atoms with Crippen molar-refractivity contribution in [3.63, 3.8) is 0 Å². The van der Waals surface area contributed by atoms with E-state index in [-0.39, 0.29) is 0 Å². The van der Waals surface area contributed by atoms with E-state index < -0.39 is 0 Å². The number of hydrogen-bond donors (Lipinski definition) is 1. The van der Waals surface area contributed by atoms with Crippen LogP contribution in [0.25, 0.3) is 0 Å². The Hall–Kier alpha value is -0.120. The summed E-state index contributed by atoms with van der Waals surface area (Å²) in [6, 6.07) is 0.704. The quantitative estimate of drug-likeness (QED) is 0.814. The second-order valence-electron chi connectivity index (χ2n) is 6.16. The molecule has 2 saturated heterocycles. The van der Waals surface area contributed by atoms with E-state index in [0.717, 1.165) is 12.5 Å². The molecule has 2 atom stereocenters. The van der Waals surface area contributed by atoms with E-state index in [1.54, 1.807) is 0 Å². The maximum absolute atomic E-state index is 5.81. The molecular formula is C15H30N2O. The Morgan fingerprint density at radius 2 is 2.00 bits per heavy atom. The molecule has 3 nitrogen and oxygen atoms in total. The van der Waals surface area contributed by atoms with Gasteiger partial charge in [0, 0.05) is 12.6 Å². The smallest absolute Gasteiger partial charge is 0.0589 e. The number of piperidine rings is 1. The summed E-state index contributed by atoms with van der Waals surface area (Å²) in [7, 11) is 2.23. The molecule has 2 heterocycles. The molecule has 0 amide bonds. The van der Waals surface area contributed by atoms with E-state index in [4.69, 9.17) is 4.74 Å². The Bertz CT molecular complexity index is 225.